The summed E-state index contributed by atoms with van der Waals surface area (Å²) in [4.78, 5) is 15.7. The number of carbonyl (C=O) groups excluding carboxylic acids is 1. The molecule has 3 heteroatoms. The summed E-state index contributed by atoms with van der Waals surface area (Å²) >= 11 is 0. The van der Waals surface area contributed by atoms with Crippen LogP contribution in [0.15, 0.2) is 36.0 Å². The van der Waals surface area contributed by atoms with Crippen molar-refractivity contribution in [2.24, 2.45) is 0 Å². The van der Waals surface area contributed by atoms with Crippen molar-refractivity contribution in [2.75, 3.05) is 0 Å². The Balaban J connectivity index is 1.92. The number of esters is 1. The Bertz CT molecular complexity index is 392. The largest absolute Gasteiger partial charge is 0.453 e. The molecule has 1 aliphatic rings. The topological polar surface area (TPSA) is 39.2 Å². The fraction of sp³-hybridized carbons (Fsp3) is 0.385. The maximum absolute atomic E-state index is 11.5. The van der Waals surface area contributed by atoms with Crippen molar-refractivity contribution in [3.8, 4) is 0 Å². The Morgan fingerprint density at radius 1 is 1.50 bits per heavy atom. The highest BCUT2D eigenvalue weighted by atomic mass is 16.5. The molecule has 0 bridgehead atoms. The van der Waals surface area contributed by atoms with Gasteiger partial charge >= 0.3 is 5.97 Å². The third-order valence-corrected chi connectivity index (χ3v) is 2.71. The first-order chi connectivity index (χ1) is 7.75. The van der Waals surface area contributed by atoms with Crippen LogP contribution in [0.25, 0.3) is 0 Å². The van der Waals surface area contributed by atoms with E-state index in [0.717, 1.165) is 18.5 Å². The Morgan fingerprint density at radius 3 is 2.88 bits per heavy atom. The first-order valence-electron chi connectivity index (χ1n) is 5.56. The predicted octanol–water partition coefficient (Wildman–Crippen LogP) is 2.80. The van der Waals surface area contributed by atoms with Crippen LogP contribution in [-0.2, 0) is 9.53 Å². The van der Waals surface area contributed by atoms with Gasteiger partial charge < -0.3 is 4.74 Å². The van der Waals surface area contributed by atoms with Gasteiger partial charge in [0.1, 0.15) is 6.10 Å². The summed E-state index contributed by atoms with van der Waals surface area (Å²) in [6.07, 6.45) is 6.29. The standard InChI is InChI=1S/C13H15NO2/c1-10(12-7-2-3-8-14-12)16-13(15)9-11-5-4-6-11/h2-3,7-10H,4-6H2,1H3. The first-order valence-corrected chi connectivity index (χ1v) is 5.56. The van der Waals surface area contributed by atoms with Crippen LogP contribution in [0.3, 0.4) is 0 Å². The highest BCUT2D eigenvalue weighted by Gasteiger charge is 2.14. The molecule has 0 amide bonds. The van der Waals surface area contributed by atoms with Crippen molar-refractivity contribution in [1.82, 2.24) is 4.98 Å². The molecule has 1 atom stereocenters. The van der Waals surface area contributed by atoms with Gasteiger partial charge in [0.15, 0.2) is 0 Å². The number of hydrogen-bond donors (Lipinski definition) is 0. The molecule has 0 saturated heterocycles. The van der Waals surface area contributed by atoms with Gasteiger partial charge in [-0.05, 0) is 38.3 Å². The van der Waals surface area contributed by atoms with E-state index in [-0.39, 0.29) is 12.1 Å². The molecule has 0 aromatic carbocycles. The molecule has 1 unspecified atom stereocenters. The minimum Gasteiger partial charge on any atom is -0.453 e. The van der Waals surface area contributed by atoms with Gasteiger partial charge in [-0.3, -0.25) is 4.98 Å². The van der Waals surface area contributed by atoms with Crippen LogP contribution in [-0.4, -0.2) is 11.0 Å². The summed E-state index contributed by atoms with van der Waals surface area (Å²) in [6.45, 7) is 1.83. The second-order valence-electron chi connectivity index (χ2n) is 3.99. The van der Waals surface area contributed by atoms with Gasteiger partial charge in [-0.25, -0.2) is 4.79 Å². The van der Waals surface area contributed by atoms with E-state index in [1.165, 1.54) is 12.0 Å². The zero-order valence-corrected chi connectivity index (χ0v) is 9.35. The average Bonchev–Trinajstić information content (AvgIpc) is 2.25. The minimum absolute atomic E-state index is 0.257. The van der Waals surface area contributed by atoms with Gasteiger partial charge in [-0.1, -0.05) is 11.6 Å². The molecule has 3 nitrogen and oxygen atoms in total. The lowest BCUT2D eigenvalue weighted by atomic mass is 9.92. The third kappa shape index (κ3) is 2.69. The van der Waals surface area contributed by atoms with E-state index in [1.54, 1.807) is 12.3 Å². The molecule has 16 heavy (non-hydrogen) atoms. The summed E-state index contributed by atoms with van der Waals surface area (Å²) in [6, 6.07) is 5.58. The van der Waals surface area contributed by atoms with Gasteiger partial charge in [0.2, 0.25) is 0 Å². The molecule has 1 aromatic heterocycles. The monoisotopic (exact) mass is 217 g/mol. The van der Waals surface area contributed by atoms with Crippen molar-refractivity contribution >= 4 is 5.97 Å². The van der Waals surface area contributed by atoms with E-state index in [9.17, 15) is 4.79 Å². The van der Waals surface area contributed by atoms with E-state index < -0.39 is 0 Å². The molecule has 1 fully saturated rings. The maximum atomic E-state index is 11.5. The highest BCUT2D eigenvalue weighted by Crippen LogP contribution is 2.25. The number of allylic oxidation sites excluding steroid dienone is 1. The van der Waals surface area contributed by atoms with E-state index >= 15 is 0 Å². The Kier molecular flexibility index (Phi) is 3.34. The number of hydrogen-bond acceptors (Lipinski definition) is 3. The lowest BCUT2D eigenvalue weighted by molar-refractivity contribution is -0.142. The quantitative estimate of drug-likeness (QED) is 0.577. The summed E-state index contributed by atoms with van der Waals surface area (Å²) in [5.41, 5.74) is 1.97. The molecule has 1 saturated carbocycles. The number of pyridine rings is 1. The molecule has 84 valence electrons. The molecular weight excluding hydrogens is 202 g/mol. The Hall–Kier alpha value is -1.64. The van der Waals surface area contributed by atoms with Crippen LogP contribution in [0.5, 0.6) is 0 Å². The smallest absolute Gasteiger partial charge is 0.331 e. The van der Waals surface area contributed by atoms with Crippen LogP contribution in [0.4, 0.5) is 0 Å². The van der Waals surface area contributed by atoms with Gasteiger partial charge in [0, 0.05) is 12.3 Å². The van der Waals surface area contributed by atoms with Gasteiger partial charge in [0.05, 0.1) is 5.69 Å². The fourth-order valence-electron chi connectivity index (χ4n) is 1.58. The first kappa shape index (κ1) is 10.9. The van der Waals surface area contributed by atoms with Crippen LogP contribution in [0, 0.1) is 0 Å². The second-order valence-corrected chi connectivity index (χ2v) is 3.99. The zero-order chi connectivity index (χ0) is 11.4. The van der Waals surface area contributed by atoms with E-state index in [4.69, 9.17) is 4.74 Å². The van der Waals surface area contributed by atoms with Crippen molar-refractivity contribution in [3.05, 3.63) is 41.7 Å². The molecule has 1 aliphatic carbocycles. The number of rotatable bonds is 3. The maximum Gasteiger partial charge on any atom is 0.331 e. The number of aromatic nitrogens is 1. The number of ether oxygens (including phenoxy) is 1. The van der Waals surface area contributed by atoms with E-state index in [2.05, 4.69) is 4.98 Å². The van der Waals surface area contributed by atoms with Crippen molar-refractivity contribution in [2.45, 2.75) is 32.3 Å². The number of nitrogens with zero attached hydrogens (tertiary/aromatic N) is 1. The third-order valence-electron chi connectivity index (χ3n) is 2.71. The van der Waals surface area contributed by atoms with Crippen molar-refractivity contribution < 1.29 is 9.53 Å². The van der Waals surface area contributed by atoms with E-state index in [0.29, 0.717) is 0 Å². The SMILES string of the molecule is CC(OC(=O)C=C1CCC1)c1ccccn1. The molecule has 0 spiro atoms. The van der Waals surface area contributed by atoms with Gasteiger partial charge in [0.25, 0.3) is 0 Å². The highest BCUT2D eigenvalue weighted by molar-refractivity contribution is 5.83. The molecule has 1 aromatic rings. The Morgan fingerprint density at radius 2 is 2.31 bits per heavy atom. The van der Waals surface area contributed by atoms with Crippen molar-refractivity contribution in [1.29, 1.82) is 0 Å². The molecular formula is C13H15NO2. The fourth-order valence-corrected chi connectivity index (χ4v) is 1.58. The lowest BCUT2D eigenvalue weighted by Gasteiger charge is -2.16. The minimum atomic E-state index is -0.286. The average molecular weight is 217 g/mol. The Labute approximate surface area is 95.2 Å². The van der Waals surface area contributed by atoms with Crippen LogP contribution in [0.1, 0.15) is 38.0 Å². The zero-order valence-electron chi connectivity index (χ0n) is 9.35. The molecule has 1 heterocycles. The summed E-state index contributed by atoms with van der Waals surface area (Å²) < 4.78 is 5.26. The van der Waals surface area contributed by atoms with Crippen LogP contribution < -0.4 is 0 Å². The van der Waals surface area contributed by atoms with E-state index in [1.807, 2.05) is 25.1 Å². The van der Waals surface area contributed by atoms with Crippen LogP contribution >= 0.6 is 0 Å². The predicted molar refractivity (Wildman–Crippen MR) is 60.7 cm³/mol. The normalized spacial score (nSPS) is 16.2. The summed E-state index contributed by atoms with van der Waals surface area (Å²) in [7, 11) is 0. The summed E-state index contributed by atoms with van der Waals surface area (Å²) in [5, 5.41) is 0. The van der Waals surface area contributed by atoms with Crippen molar-refractivity contribution in [3.63, 3.8) is 0 Å². The number of carbonyl (C=O) groups is 1. The summed E-state index contributed by atoms with van der Waals surface area (Å²) in [5.74, 6) is -0.257. The van der Waals surface area contributed by atoms with Gasteiger partial charge in [-0.2, -0.15) is 0 Å². The molecule has 0 aliphatic heterocycles. The molecule has 0 N–H and O–H groups in total. The second kappa shape index (κ2) is 4.92. The molecule has 2 rings (SSSR count). The van der Waals surface area contributed by atoms with Crippen LogP contribution in [0.2, 0.25) is 0 Å². The van der Waals surface area contributed by atoms with Gasteiger partial charge in [-0.15, -0.1) is 0 Å². The molecule has 0 radical (unpaired) electrons. The lowest BCUT2D eigenvalue weighted by Crippen LogP contribution is -2.09.